The van der Waals surface area contributed by atoms with Crippen molar-refractivity contribution in [3.8, 4) is 0 Å². The molecule has 0 fully saturated rings. The van der Waals surface area contributed by atoms with Crippen molar-refractivity contribution in [2.24, 2.45) is 5.41 Å². The van der Waals surface area contributed by atoms with Crippen LogP contribution in [0, 0.1) is 5.41 Å². The van der Waals surface area contributed by atoms with Crippen LogP contribution in [0.25, 0.3) is 0 Å². The van der Waals surface area contributed by atoms with Crippen molar-refractivity contribution in [2.75, 3.05) is 6.54 Å². The second kappa shape index (κ2) is 6.22. The minimum atomic E-state index is -1.09. The van der Waals surface area contributed by atoms with Crippen molar-refractivity contribution >= 4 is 17.8 Å². The highest BCUT2D eigenvalue weighted by Crippen LogP contribution is 2.11. The Bertz CT molecular complexity index is 307. The molecule has 0 aromatic carbocycles. The first-order valence-corrected chi connectivity index (χ1v) is 5.45. The van der Waals surface area contributed by atoms with Crippen molar-refractivity contribution in [3.05, 3.63) is 0 Å². The summed E-state index contributed by atoms with van der Waals surface area (Å²) in [4.78, 5) is 33.2. The molecular weight excluding hydrogens is 224 g/mol. The summed E-state index contributed by atoms with van der Waals surface area (Å²) in [7, 11) is 0. The van der Waals surface area contributed by atoms with Crippen LogP contribution < -0.4 is 10.6 Å². The number of hydrogen-bond donors (Lipinski definition) is 3. The van der Waals surface area contributed by atoms with Crippen LogP contribution in [-0.2, 0) is 14.4 Å². The van der Waals surface area contributed by atoms with E-state index in [0.29, 0.717) is 0 Å². The number of carboxylic acids is 1. The van der Waals surface area contributed by atoms with Crippen molar-refractivity contribution in [1.29, 1.82) is 0 Å². The van der Waals surface area contributed by atoms with Gasteiger partial charge < -0.3 is 15.7 Å². The smallest absolute Gasteiger partial charge is 0.325 e. The molecule has 0 aromatic rings. The SMILES string of the molecule is CC(NC(=O)CCNC(=O)C(C)(C)C)C(=O)O. The third-order valence-electron chi connectivity index (χ3n) is 2.07. The van der Waals surface area contributed by atoms with Gasteiger partial charge in [0, 0.05) is 18.4 Å². The van der Waals surface area contributed by atoms with E-state index in [-0.39, 0.29) is 18.9 Å². The zero-order valence-corrected chi connectivity index (χ0v) is 10.7. The highest BCUT2D eigenvalue weighted by atomic mass is 16.4. The lowest BCUT2D eigenvalue weighted by molar-refractivity contribution is -0.141. The molecule has 3 N–H and O–H groups in total. The van der Waals surface area contributed by atoms with Crippen LogP contribution in [0.5, 0.6) is 0 Å². The fraction of sp³-hybridized carbons (Fsp3) is 0.727. The zero-order valence-electron chi connectivity index (χ0n) is 10.7. The molecule has 0 heterocycles. The molecule has 0 spiro atoms. The van der Waals surface area contributed by atoms with E-state index in [1.807, 2.05) is 0 Å². The number of rotatable bonds is 5. The summed E-state index contributed by atoms with van der Waals surface area (Å²) in [6.07, 6.45) is 0.0689. The zero-order chi connectivity index (χ0) is 13.6. The normalized spacial score (nSPS) is 12.7. The lowest BCUT2D eigenvalue weighted by atomic mass is 9.96. The van der Waals surface area contributed by atoms with Gasteiger partial charge >= 0.3 is 5.97 Å². The Hall–Kier alpha value is -1.59. The van der Waals surface area contributed by atoms with Gasteiger partial charge in [-0.2, -0.15) is 0 Å². The summed E-state index contributed by atoms with van der Waals surface area (Å²) < 4.78 is 0. The van der Waals surface area contributed by atoms with Gasteiger partial charge in [0.25, 0.3) is 0 Å². The monoisotopic (exact) mass is 244 g/mol. The van der Waals surface area contributed by atoms with Crippen LogP contribution in [0.3, 0.4) is 0 Å². The van der Waals surface area contributed by atoms with Crippen LogP contribution in [0.15, 0.2) is 0 Å². The number of hydrogen-bond acceptors (Lipinski definition) is 3. The van der Waals surface area contributed by atoms with Gasteiger partial charge in [-0.25, -0.2) is 0 Å². The van der Waals surface area contributed by atoms with E-state index in [4.69, 9.17) is 5.11 Å². The first-order chi connectivity index (χ1) is 7.64. The maximum Gasteiger partial charge on any atom is 0.325 e. The maximum atomic E-state index is 11.4. The molecule has 6 heteroatoms. The van der Waals surface area contributed by atoms with Crippen LogP contribution in [0.2, 0.25) is 0 Å². The maximum absolute atomic E-state index is 11.4. The van der Waals surface area contributed by atoms with Crippen molar-refractivity contribution in [3.63, 3.8) is 0 Å². The number of amides is 2. The largest absolute Gasteiger partial charge is 0.480 e. The van der Waals surface area contributed by atoms with Gasteiger partial charge in [0.05, 0.1) is 0 Å². The first-order valence-electron chi connectivity index (χ1n) is 5.45. The Morgan fingerprint density at radius 2 is 1.76 bits per heavy atom. The van der Waals surface area contributed by atoms with E-state index in [9.17, 15) is 14.4 Å². The number of aliphatic carboxylic acids is 1. The van der Waals surface area contributed by atoms with E-state index in [1.165, 1.54) is 6.92 Å². The molecule has 0 rings (SSSR count). The van der Waals surface area contributed by atoms with Gasteiger partial charge in [0.15, 0.2) is 0 Å². The van der Waals surface area contributed by atoms with E-state index in [1.54, 1.807) is 20.8 Å². The predicted molar refractivity (Wildman–Crippen MR) is 62.3 cm³/mol. The molecule has 0 aliphatic carbocycles. The summed E-state index contributed by atoms with van der Waals surface area (Å²) >= 11 is 0. The average Bonchev–Trinajstić information content (AvgIpc) is 2.15. The molecule has 0 saturated carbocycles. The molecule has 0 aliphatic rings. The minimum absolute atomic E-state index is 0.0689. The van der Waals surface area contributed by atoms with E-state index < -0.39 is 23.3 Å². The highest BCUT2D eigenvalue weighted by Gasteiger charge is 2.21. The summed E-state index contributed by atoms with van der Waals surface area (Å²) in [6.45, 7) is 6.90. The lowest BCUT2D eigenvalue weighted by Gasteiger charge is -2.17. The third-order valence-corrected chi connectivity index (χ3v) is 2.07. The minimum Gasteiger partial charge on any atom is -0.480 e. The molecule has 0 aliphatic heterocycles. The molecule has 0 bridgehead atoms. The summed E-state index contributed by atoms with van der Waals surface area (Å²) in [5, 5.41) is 13.5. The van der Waals surface area contributed by atoms with Crippen LogP contribution in [0.1, 0.15) is 34.1 Å². The second-order valence-corrected chi connectivity index (χ2v) is 4.88. The van der Waals surface area contributed by atoms with Gasteiger partial charge in [-0.3, -0.25) is 14.4 Å². The Kier molecular flexibility index (Phi) is 5.64. The van der Waals surface area contributed by atoms with Crippen molar-refractivity contribution in [1.82, 2.24) is 10.6 Å². The topological polar surface area (TPSA) is 95.5 Å². The fourth-order valence-corrected chi connectivity index (χ4v) is 0.930. The number of nitrogens with one attached hydrogen (secondary N) is 2. The van der Waals surface area contributed by atoms with Crippen molar-refractivity contribution in [2.45, 2.75) is 40.2 Å². The van der Waals surface area contributed by atoms with E-state index in [2.05, 4.69) is 10.6 Å². The van der Waals surface area contributed by atoms with Gasteiger partial charge in [-0.1, -0.05) is 20.8 Å². The Labute approximate surface area is 101 Å². The predicted octanol–water partition coefficient (Wildman–Crippen LogP) is 0.128. The molecule has 2 amide bonds. The standard InChI is InChI=1S/C11H20N2O4/c1-7(9(15)16)13-8(14)5-6-12-10(17)11(2,3)4/h7H,5-6H2,1-4H3,(H,12,17)(H,13,14)(H,15,16). The van der Waals surface area contributed by atoms with Crippen LogP contribution in [0.4, 0.5) is 0 Å². The summed E-state index contributed by atoms with van der Waals surface area (Å²) in [5.74, 6) is -1.62. The Balaban J connectivity index is 3.87. The molecular formula is C11H20N2O4. The molecule has 0 saturated heterocycles. The summed E-state index contributed by atoms with van der Waals surface area (Å²) in [5.41, 5.74) is -0.495. The lowest BCUT2D eigenvalue weighted by Crippen LogP contribution is -2.41. The molecule has 1 atom stereocenters. The van der Waals surface area contributed by atoms with Gasteiger partial charge in [-0.05, 0) is 6.92 Å². The van der Waals surface area contributed by atoms with E-state index >= 15 is 0 Å². The van der Waals surface area contributed by atoms with Gasteiger partial charge in [0.2, 0.25) is 11.8 Å². The third kappa shape index (κ3) is 6.55. The molecule has 98 valence electrons. The molecule has 0 radical (unpaired) electrons. The van der Waals surface area contributed by atoms with Gasteiger partial charge in [0.1, 0.15) is 6.04 Å². The fourth-order valence-electron chi connectivity index (χ4n) is 0.930. The molecule has 6 nitrogen and oxygen atoms in total. The highest BCUT2D eigenvalue weighted by molar-refractivity contribution is 5.84. The van der Waals surface area contributed by atoms with E-state index in [0.717, 1.165) is 0 Å². The van der Waals surface area contributed by atoms with Crippen molar-refractivity contribution < 1.29 is 19.5 Å². The quantitative estimate of drug-likeness (QED) is 0.640. The first kappa shape index (κ1) is 15.4. The molecule has 1 unspecified atom stereocenters. The van der Waals surface area contributed by atoms with Crippen LogP contribution >= 0.6 is 0 Å². The Morgan fingerprint density at radius 3 is 2.18 bits per heavy atom. The summed E-state index contributed by atoms with van der Waals surface area (Å²) in [6, 6.07) is -0.916. The van der Waals surface area contributed by atoms with Gasteiger partial charge in [-0.15, -0.1) is 0 Å². The number of carbonyl (C=O) groups is 3. The van der Waals surface area contributed by atoms with Crippen LogP contribution in [-0.4, -0.2) is 35.5 Å². The Morgan fingerprint density at radius 1 is 1.24 bits per heavy atom. The second-order valence-electron chi connectivity index (χ2n) is 4.88. The average molecular weight is 244 g/mol. The number of carbonyl (C=O) groups excluding carboxylic acids is 2. The molecule has 0 aromatic heterocycles. The number of carboxylic acid groups (broad SMARTS) is 1. The molecule has 17 heavy (non-hydrogen) atoms.